The molecule has 5 N–H and O–H groups in total. The highest BCUT2D eigenvalue weighted by molar-refractivity contribution is 6.32. The number of anilines is 2. The first-order valence-corrected chi connectivity index (χ1v) is 4.92. The van der Waals surface area contributed by atoms with Gasteiger partial charge in [-0.05, 0) is 12.1 Å². The van der Waals surface area contributed by atoms with Gasteiger partial charge in [0.2, 0.25) is 0 Å². The molecule has 0 saturated carbocycles. The fourth-order valence-electron chi connectivity index (χ4n) is 1.15. The number of halogens is 2. The van der Waals surface area contributed by atoms with Gasteiger partial charge in [-0.1, -0.05) is 17.7 Å². The molecule has 0 aliphatic rings. The summed E-state index contributed by atoms with van der Waals surface area (Å²) in [5.41, 5.74) is 11.1. The number of nitrogens with one attached hydrogen (secondary N) is 1. The molecule has 1 aromatic carbocycles. The lowest BCUT2D eigenvalue weighted by atomic mass is 10.3. The third-order valence-corrected chi connectivity index (χ3v) is 2.29. The summed E-state index contributed by atoms with van der Waals surface area (Å²) in [4.78, 5) is 0. The first-order valence-electron chi connectivity index (χ1n) is 4.54. The molecule has 2 rings (SSSR count). The van der Waals surface area contributed by atoms with E-state index >= 15 is 0 Å². The van der Waals surface area contributed by atoms with Gasteiger partial charge in [-0.2, -0.15) is 5.10 Å². The molecule has 0 saturated heterocycles. The Labute approximate surface area is 100 Å². The molecule has 0 spiro atoms. The predicted octanol–water partition coefficient (Wildman–Crippen LogP) is 2.78. The molecule has 0 atom stereocenters. The number of nitrogens with two attached hydrogens (primary N) is 2. The smallest absolute Gasteiger partial charge is 0.175 e. The molecule has 0 aliphatic heterocycles. The van der Waals surface area contributed by atoms with Gasteiger partial charge >= 0.3 is 0 Å². The molecule has 0 unspecified atom stereocenters. The second-order valence-corrected chi connectivity index (χ2v) is 3.55. The van der Waals surface area contributed by atoms with E-state index in [0.29, 0.717) is 0 Å². The summed E-state index contributed by atoms with van der Waals surface area (Å²) < 4.78 is 13.4. The van der Waals surface area contributed by atoms with E-state index in [2.05, 4.69) is 20.4 Å². The summed E-state index contributed by atoms with van der Waals surface area (Å²) in [7, 11) is 0. The molecule has 0 bridgehead atoms. The SMILES string of the molecule is Nc1n[nH]c(N)c1N=Nc1c(F)cccc1Cl. The zero-order valence-electron chi connectivity index (χ0n) is 8.48. The van der Waals surface area contributed by atoms with Crippen LogP contribution in [-0.4, -0.2) is 10.2 Å². The lowest BCUT2D eigenvalue weighted by molar-refractivity contribution is 0.628. The molecule has 88 valence electrons. The van der Waals surface area contributed by atoms with Gasteiger partial charge in [0.1, 0.15) is 11.5 Å². The molecular formula is C9H8ClFN6. The van der Waals surface area contributed by atoms with Crippen molar-refractivity contribution in [2.75, 3.05) is 11.5 Å². The molecule has 1 heterocycles. The number of hydrogen-bond donors (Lipinski definition) is 3. The third kappa shape index (κ3) is 2.18. The highest BCUT2D eigenvalue weighted by atomic mass is 35.5. The Morgan fingerprint density at radius 2 is 1.94 bits per heavy atom. The zero-order chi connectivity index (χ0) is 12.4. The molecule has 17 heavy (non-hydrogen) atoms. The standard InChI is InChI=1S/C9H8ClFN6/c10-4-2-1-3-5(11)6(4)14-15-7-8(12)16-17-9(7)13/h1-3H,(H5,12,13,16,17). The fraction of sp³-hybridized carbons (Fsp3) is 0. The molecule has 0 radical (unpaired) electrons. The van der Waals surface area contributed by atoms with E-state index in [0.717, 1.165) is 0 Å². The number of aromatic nitrogens is 2. The van der Waals surface area contributed by atoms with Gasteiger partial charge in [0.05, 0.1) is 5.02 Å². The van der Waals surface area contributed by atoms with Crippen molar-refractivity contribution >= 4 is 34.6 Å². The van der Waals surface area contributed by atoms with E-state index in [4.69, 9.17) is 23.1 Å². The van der Waals surface area contributed by atoms with Crippen LogP contribution in [0, 0.1) is 5.82 Å². The number of nitrogens with zero attached hydrogens (tertiary/aromatic N) is 3. The Kier molecular flexibility index (Phi) is 2.92. The number of H-pyrrole nitrogens is 1. The lowest BCUT2D eigenvalue weighted by Gasteiger charge is -1.97. The number of benzene rings is 1. The minimum Gasteiger partial charge on any atom is -0.382 e. The van der Waals surface area contributed by atoms with Crippen LogP contribution >= 0.6 is 11.6 Å². The predicted molar refractivity (Wildman–Crippen MR) is 63.0 cm³/mol. The quantitative estimate of drug-likeness (QED) is 0.718. The maximum absolute atomic E-state index is 13.4. The highest BCUT2D eigenvalue weighted by Gasteiger charge is 2.09. The van der Waals surface area contributed by atoms with Gasteiger partial charge in [-0.25, -0.2) is 4.39 Å². The minimum atomic E-state index is -0.582. The Morgan fingerprint density at radius 1 is 1.24 bits per heavy atom. The summed E-state index contributed by atoms with van der Waals surface area (Å²) in [5, 5.41) is 13.6. The normalized spacial score (nSPS) is 11.2. The monoisotopic (exact) mass is 254 g/mol. The van der Waals surface area contributed by atoms with Gasteiger partial charge in [0.15, 0.2) is 17.3 Å². The van der Waals surface area contributed by atoms with Gasteiger partial charge in [-0.3, -0.25) is 5.10 Å². The van der Waals surface area contributed by atoms with Crippen LogP contribution in [0.3, 0.4) is 0 Å². The Hall–Kier alpha value is -2.15. The van der Waals surface area contributed by atoms with Crippen molar-refractivity contribution in [1.82, 2.24) is 10.2 Å². The van der Waals surface area contributed by atoms with E-state index in [1.165, 1.54) is 18.2 Å². The van der Waals surface area contributed by atoms with Gasteiger partial charge in [-0.15, -0.1) is 10.2 Å². The number of hydrogen-bond acceptors (Lipinski definition) is 5. The van der Waals surface area contributed by atoms with Crippen LogP contribution in [0.15, 0.2) is 28.4 Å². The van der Waals surface area contributed by atoms with Crippen molar-refractivity contribution < 1.29 is 4.39 Å². The number of aromatic amines is 1. The molecule has 1 aromatic heterocycles. The van der Waals surface area contributed by atoms with Crippen LogP contribution in [0.5, 0.6) is 0 Å². The summed E-state index contributed by atoms with van der Waals surface area (Å²) in [6.07, 6.45) is 0. The minimum absolute atomic E-state index is 0.0748. The van der Waals surface area contributed by atoms with E-state index in [-0.39, 0.29) is 28.0 Å². The van der Waals surface area contributed by atoms with Gasteiger partial charge < -0.3 is 11.5 Å². The molecule has 0 aliphatic carbocycles. The second kappa shape index (κ2) is 4.38. The third-order valence-electron chi connectivity index (χ3n) is 1.98. The summed E-state index contributed by atoms with van der Waals surface area (Å²) in [6.45, 7) is 0. The molecule has 0 fully saturated rings. The summed E-state index contributed by atoms with van der Waals surface area (Å²) in [5.74, 6) is -0.348. The maximum atomic E-state index is 13.4. The largest absolute Gasteiger partial charge is 0.382 e. The van der Waals surface area contributed by atoms with Crippen molar-refractivity contribution in [3.63, 3.8) is 0 Å². The zero-order valence-corrected chi connectivity index (χ0v) is 9.24. The van der Waals surface area contributed by atoms with E-state index in [1.54, 1.807) is 0 Å². The summed E-state index contributed by atoms with van der Waals surface area (Å²) >= 11 is 5.77. The molecule has 8 heteroatoms. The lowest BCUT2D eigenvalue weighted by Crippen LogP contribution is -1.84. The average molecular weight is 255 g/mol. The molecule has 2 aromatic rings. The van der Waals surface area contributed by atoms with Crippen molar-refractivity contribution in [1.29, 1.82) is 0 Å². The second-order valence-electron chi connectivity index (χ2n) is 3.14. The number of rotatable bonds is 2. The van der Waals surface area contributed by atoms with Crippen LogP contribution in [0.2, 0.25) is 5.02 Å². The van der Waals surface area contributed by atoms with Gasteiger partial charge in [0.25, 0.3) is 0 Å². The van der Waals surface area contributed by atoms with Crippen LogP contribution in [0.25, 0.3) is 0 Å². The first-order chi connectivity index (χ1) is 8.09. The van der Waals surface area contributed by atoms with Crippen molar-refractivity contribution in [2.45, 2.75) is 0 Å². The van der Waals surface area contributed by atoms with Crippen LogP contribution in [0.4, 0.5) is 27.4 Å². The summed E-state index contributed by atoms with van der Waals surface area (Å²) in [6, 6.07) is 4.20. The Morgan fingerprint density at radius 3 is 2.53 bits per heavy atom. The van der Waals surface area contributed by atoms with Crippen LogP contribution in [-0.2, 0) is 0 Å². The highest BCUT2D eigenvalue weighted by Crippen LogP contribution is 2.32. The fourth-order valence-corrected chi connectivity index (χ4v) is 1.35. The van der Waals surface area contributed by atoms with E-state index < -0.39 is 5.82 Å². The maximum Gasteiger partial charge on any atom is 0.175 e. The topological polar surface area (TPSA) is 105 Å². The van der Waals surface area contributed by atoms with Crippen molar-refractivity contribution in [2.24, 2.45) is 10.2 Å². The Balaban J connectivity index is 2.39. The molecular weight excluding hydrogens is 247 g/mol. The average Bonchev–Trinajstić information content (AvgIpc) is 2.59. The molecule has 0 amide bonds. The van der Waals surface area contributed by atoms with Crippen LogP contribution < -0.4 is 11.5 Å². The molecule has 6 nitrogen and oxygen atoms in total. The van der Waals surface area contributed by atoms with Crippen molar-refractivity contribution in [3.05, 3.63) is 29.0 Å². The Bertz CT molecular complexity index is 539. The number of nitrogen functional groups attached to an aromatic ring is 2. The van der Waals surface area contributed by atoms with Gasteiger partial charge in [0, 0.05) is 0 Å². The number of azo groups is 1. The first kappa shape index (κ1) is 11.3. The van der Waals surface area contributed by atoms with Crippen molar-refractivity contribution in [3.8, 4) is 0 Å². The van der Waals surface area contributed by atoms with Crippen LogP contribution in [0.1, 0.15) is 0 Å². The van der Waals surface area contributed by atoms with E-state index in [9.17, 15) is 4.39 Å². The van der Waals surface area contributed by atoms with E-state index in [1.807, 2.05) is 0 Å².